The summed E-state index contributed by atoms with van der Waals surface area (Å²) < 4.78 is 1.92. The highest BCUT2D eigenvalue weighted by Gasteiger charge is 2.18. The van der Waals surface area contributed by atoms with Gasteiger partial charge < -0.3 is 10.4 Å². The fourth-order valence-electron chi connectivity index (χ4n) is 2.33. The first-order valence-electron chi connectivity index (χ1n) is 7.23. The van der Waals surface area contributed by atoms with Crippen molar-refractivity contribution < 1.29 is 5.11 Å². The summed E-state index contributed by atoms with van der Waals surface area (Å²) >= 11 is 5.86. The van der Waals surface area contributed by atoms with Crippen LogP contribution in [0.25, 0.3) is 0 Å². The minimum Gasteiger partial charge on any atom is -0.387 e. The van der Waals surface area contributed by atoms with E-state index in [1.807, 2.05) is 36.0 Å². The molecule has 0 amide bonds. The van der Waals surface area contributed by atoms with E-state index in [1.165, 1.54) is 0 Å². The first-order chi connectivity index (χ1) is 10.1. The largest absolute Gasteiger partial charge is 0.387 e. The van der Waals surface area contributed by atoms with E-state index < -0.39 is 6.10 Å². The van der Waals surface area contributed by atoms with Crippen LogP contribution in [0.5, 0.6) is 0 Å². The van der Waals surface area contributed by atoms with Crippen LogP contribution in [0.1, 0.15) is 31.9 Å². The second-order valence-corrected chi connectivity index (χ2v) is 5.85. The first kappa shape index (κ1) is 16.0. The van der Waals surface area contributed by atoms with Crippen molar-refractivity contribution in [2.75, 3.05) is 0 Å². The number of aliphatic hydroxyl groups is 1. The van der Waals surface area contributed by atoms with Crippen LogP contribution < -0.4 is 5.32 Å². The van der Waals surface area contributed by atoms with Crippen LogP contribution in [0.2, 0.25) is 5.02 Å². The monoisotopic (exact) mass is 307 g/mol. The van der Waals surface area contributed by atoms with Crippen LogP contribution in [0.3, 0.4) is 0 Å². The zero-order valence-corrected chi connectivity index (χ0v) is 13.2. The Labute approximate surface area is 130 Å². The highest BCUT2D eigenvalue weighted by Crippen LogP contribution is 2.19. The number of aliphatic hydroxyl groups excluding tert-OH is 1. The number of benzene rings is 1. The minimum atomic E-state index is -0.547. The Morgan fingerprint density at radius 1 is 1.29 bits per heavy atom. The zero-order valence-electron chi connectivity index (χ0n) is 12.4. The number of halogens is 1. The molecule has 4 nitrogen and oxygen atoms in total. The highest BCUT2D eigenvalue weighted by atomic mass is 35.5. The summed E-state index contributed by atoms with van der Waals surface area (Å²) in [5.74, 6) is 0. The fourth-order valence-corrected chi connectivity index (χ4v) is 2.46. The number of hydrogen-bond acceptors (Lipinski definition) is 3. The van der Waals surface area contributed by atoms with Crippen LogP contribution in [0.15, 0.2) is 42.7 Å². The van der Waals surface area contributed by atoms with Gasteiger partial charge in [-0.1, -0.05) is 23.7 Å². The van der Waals surface area contributed by atoms with Crippen molar-refractivity contribution in [3.63, 3.8) is 0 Å². The molecule has 1 heterocycles. The van der Waals surface area contributed by atoms with Gasteiger partial charge in [0.05, 0.1) is 6.10 Å². The van der Waals surface area contributed by atoms with Gasteiger partial charge in [-0.05, 0) is 44.0 Å². The van der Waals surface area contributed by atoms with Crippen LogP contribution in [-0.2, 0) is 6.54 Å². The van der Waals surface area contributed by atoms with E-state index >= 15 is 0 Å². The molecule has 0 radical (unpaired) electrons. The third-order valence-electron chi connectivity index (χ3n) is 3.58. The molecule has 0 bridgehead atoms. The maximum absolute atomic E-state index is 10.4. The van der Waals surface area contributed by atoms with Crippen LogP contribution in [-0.4, -0.2) is 27.0 Å². The van der Waals surface area contributed by atoms with Gasteiger partial charge in [0.1, 0.15) is 0 Å². The molecule has 2 rings (SSSR count). The summed E-state index contributed by atoms with van der Waals surface area (Å²) in [6.45, 7) is 4.98. The van der Waals surface area contributed by atoms with Crippen molar-refractivity contribution in [1.29, 1.82) is 0 Å². The van der Waals surface area contributed by atoms with Crippen molar-refractivity contribution in [2.45, 2.75) is 45.0 Å². The van der Waals surface area contributed by atoms with Gasteiger partial charge in [-0.25, -0.2) is 0 Å². The van der Waals surface area contributed by atoms with Gasteiger partial charge in [-0.15, -0.1) is 0 Å². The summed E-state index contributed by atoms with van der Waals surface area (Å²) in [6, 6.07) is 9.51. The Kier molecular flexibility index (Phi) is 5.79. The first-order valence-corrected chi connectivity index (χ1v) is 7.61. The van der Waals surface area contributed by atoms with E-state index in [9.17, 15) is 5.11 Å². The second kappa shape index (κ2) is 7.59. The van der Waals surface area contributed by atoms with E-state index in [-0.39, 0.29) is 6.04 Å². The van der Waals surface area contributed by atoms with Gasteiger partial charge in [0.2, 0.25) is 0 Å². The molecule has 114 valence electrons. The molecule has 21 heavy (non-hydrogen) atoms. The second-order valence-electron chi connectivity index (χ2n) is 5.41. The molecule has 0 saturated carbocycles. The van der Waals surface area contributed by atoms with Crippen molar-refractivity contribution in [2.24, 2.45) is 0 Å². The average molecular weight is 308 g/mol. The van der Waals surface area contributed by atoms with E-state index in [4.69, 9.17) is 11.6 Å². The summed E-state index contributed by atoms with van der Waals surface area (Å²) in [7, 11) is 0. The maximum atomic E-state index is 10.4. The normalized spacial score (nSPS) is 15.6. The van der Waals surface area contributed by atoms with Crippen LogP contribution in [0, 0.1) is 0 Å². The van der Waals surface area contributed by atoms with Crippen LogP contribution in [0.4, 0.5) is 0 Å². The van der Waals surface area contributed by atoms with Gasteiger partial charge in [0.15, 0.2) is 0 Å². The van der Waals surface area contributed by atoms with Gasteiger partial charge in [0.25, 0.3) is 0 Å². The van der Waals surface area contributed by atoms with Crippen LogP contribution >= 0.6 is 11.6 Å². The van der Waals surface area contributed by atoms with Crippen molar-refractivity contribution in [1.82, 2.24) is 15.1 Å². The molecule has 0 spiro atoms. The molecule has 0 saturated heterocycles. The number of aromatic nitrogens is 2. The predicted molar refractivity (Wildman–Crippen MR) is 85.3 cm³/mol. The molecule has 5 heteroatoms. The summed E-state index contributed by atoms with van der Waals surface area (Å²) in [4.78, 5) is 0. The predicted octanol–water partition coefficient (Wildman–Crippen LogP) is 3.03. The third-order valence-corrected chi connectivity index (χ3v) is 3.83. The molecule has 3 unspecified atom stereocenters. The highest BCUT2D eigenvalue weighted by molar-refractivity contribution is 6.30. The van der Waals surface area contributed by atoms with Crippen molar-refractivity contribution in [3.8, 4) is 0 Å². The van der Waals surface area contributed by atoms with E-state index in [1.54, 1.807) is 18.3 Å². The SMILES string of the molecule is CC(CCn1cccn1)NC(C)C(O)c1ccc(Cl)cc1. The molecule has 2 N–H and O–H groups in total. The molecule has 0 aliphatic rings. The maximum Gasteiger partial charge on any atom is 0.0940 e. The standard InChI is InChI=1S/C16H22ClN3O/c1-12(8-11-20-10-3-9-18-20)19-13(2)16(21)14-4-6-15(17)7-5-14/h3-7,9-10,12-13,16,19,21H,8,11H2,1-2H3. The van der Waals surface area contributed by atoms with Crippen molar-refractivity contribution >= 4 is 11.6 Å². The molecular weight excluding hydrogens is 286 g/mol. The molecular formula is C16H22ClN3O. The summed E-state index contributed by atoms with van der Waals surface area (Å²) in [5.41, 5.74) is 0.874. The van der Waals surface area contributed by atoms with Gasteiger partial charge in [0, 0.05) is 36.0 Å². The Balaban J connectivity index is 1.82. The number of aryl methyl sites for hydroxylation is 1. The molecule has 0 fully saturated rings. The quantitative estimate of drug-likeness (QED) is 0.826. The van der Waals surface area contributed by atoms with Gasteiger partial charge >= 0.3 is 0 Å². The number of rotatable bonds is 7. The van der Waals surface area contributed by atoms with E-state index in [2.05, 4.69) is 17.3 Å². The lowest BCUT2D eigenvalue weighted by atomic mass is 10.0. The molecule has 2 aromatic rings. The average Bonchev–Trinajstić information content (AvgIpc) is 2.98. The Hall–Kier alpha value is -1.36. The molecule has 0 aliphatic carbocycles. The number of nitrogens with zero attached hydrogens (tertiary/aromatic N) is 2. The fraction of sp³-hybridized carbons (Fsp3) is 0.438. The lowest BCUT2D eigenvalue weighted by molar-refractivity contribution is 0.129. The zero-order chi connectivity index (χ0) is 15.2. The number of hydrogen-bond donors (Lipinski definition) is 2. The van der Waals surface area contributed by atoms with Crippen molar-refractivity contribution in [3.05, 3.63) is 53.3 Å². The van der Waals surface area contributed by atoms with Gasteiger partial charge in [-0.3, -0.25) is 4.68 Å². The summed E-state index contributed by atoms with van der Waals surface area (Å²) in [6.07, 6.45) is 4.15. The summed E-state index contributed by atoms with van der Waals surface area (Å²) in [5, 5.41) is 18.7. The lowest BCUT2D eigenvalue weighted by Crippen LogP contribution is -2.39. The number of nitrogens with one attached hydrogen (secondary N) is 1. The Morgan fingerprint density at radius 3 is 2.62 bits per heavy atom. The Bertz CT molecular complexity index is 527. The van der Waals surface area contributed by atoms with Gasteiger partial charge in [-0.2, -0.15) is 5.10 Å². The van der Waals surface area contributed by atoms with E-state index in [0.29, 0.717) is 11.1 Å². The molecule has 3 atom stereocenters. The topological polar surface area (TPSA) is 50.1 Å². The minimum absolute atomic E-state index is 0.0289. The van der Waals surface area contributed by atoms with E-state index in [0.717, 1.165) is 18.5 Å². The Morgan fingerprint density at radius 2 is 2.00 bits per heavy atom. The molecule has 1 aromatic carbocycles. The smallest absolute Gasteiger partial charge is 0.0940 e. The molecule has 1 aromatic heterocycles. The molecule has 0 aliphatic heterocycles. The lowest BCUT2D eigenvalue weighted by Gasteiger charge is -2.24. The third kappa shape index (κ3) is 4.84.